The molecule has 6 heteroatoms. The Balaban J connectivity index is 0.00000196. The fourth-order valence-electron chi connectivity index (χ4n) is 3.39. The molecule has 0 bridgehead atoms. The van der Waals surface area contributed by atoms with Gasteiger partial charge in [-0.1, -0.05) is 18.2 Å². The number of halogens is 1. The second-order valence-corrected chi connectivity index (χ2v) is 6.61. The molecule has 1 atom stereocenters. The van der Waals surface area contributed by atoms with Gasteiger partial charge in [-0.3, -0.25) is 9.88 Å². The summed E-state index contributed by atoms with van der Waals surface area (Å²) in [6, 6.07) is 14.9. The first-order valence-corrected chi connectivity index (χ1v) is 8.80. The van der Waals surface area contributed by atoms with Crippen molar-refractivity contribution in [2.75, 3.05) is 19.6 Å². The van der Waals surface area contributed by atoms with Gasteiger partial charge in [0.05, 0.1) is 11.4 Å². The number of rotatable bonds is 4. The number of nitrogens with zero attached hydrogens (tertiary/aromatic N) is 4. The Kier molecular flexibility index (Phi) is 6.04. The minimum atomic E-state index is 0. The van der Waals surface area contributed by atoms with Crippen LogP contribution in [0, 0.1) is 0 Å². The second kappa shape index (κ2) is 8.45. The van der Waals surface area contributed by atoms with Crippen molar-refractivity contribution in [3.05, 3.63) is 66.6 Å². The van der Waals surface area contributed by atoms with E-state index in [4.69, 9.17) is 5.10 Å². The van der Waals surface area contributed by atoms with Crippen LogP contribution in [0.2, 0.25) is 0 Å². The van der Waals surface area contributed by atoms with E-state index in [-0.39, 0.29) is 12.4 Å². The van der Waals surface area contributed by atoms with E-state index in [0.717, 1.165) is 43.1 Å². The van der Waals surface area contributed by atoms with E-state index in [1.165, 1.54) is 5.56 Å². The standard InChI is InChI=1S/C20H23N5.ClH/c1-16-13-24(12-11-22-16)14-18-15-25(19-5-3-2-4-6-19)23-20(18)17-7-9-21-10-8-17;/h2-10,15-16,22H,11-14H2,1H3;1H. The van der Waals surface area contributed by atoms with Crippen molar-refractivity contribution < 1.29 is 0 Å². The van der Waals surface area contributed by atoms with Crippen LogP contribution in [0.5, 0.6) is 0 Å². The van der Waals surface area contributed by atoms with E-state index in [0.29, 0.717) is 6.04 Å². The average Bonchev–Trinajstić information content (AvgIpc) is 3.07. The minimum absolute atomic E-state index is 0. The van der Waals surface area contributed by atoms with Gasteiger partial charge in [0.25, 0.3) is 0 Å². The molecule has 3 aromatic rings. The maximum absolute atomic E-state index is 4.88. The van der Waals surface area contributed by atoms with Gasteiger partial charge in [0, 0.05) is 61.9 Å². The number of nitrogens with one attached hydrogen (secondary N) is 1. The fourth-order valence-corrected chi connectivity index (χ4v) is 3.39. The fraction of sp³-hybridized carbons (Fsp3) is 0.300. The quantitative estimate of drug-likeness (QED) is 0.767. The van der Waals surface area contributed by atoms with Gasteiger partial charge < -0.3 is 5.32 Å². The molecule has 0 spiro atoms. The van der Waals surface area contributed by atoms with Crippen LogP contribution in [-0.2, 0) is 6.54 Å². The topological polar surface area (TPSA) is 46.0 Å². The third-order valence-electron chi connectivity index (χ3n) is 4.61. The first-order valence-electron chi connectivity index (χ1n) is 8.80. The van der Waals surface area contributed by atoms with Crippen LogP contribution in [0.3, 0.4) is 0 Å². The van der Waals surface area contributed by atoms with Gasteiger partial charge in [0.15, 0.2) is 0 Å². The summed E-state index contributed by atoms with van der Waals surface area (Å²) in [7, 11) is 0. The summed E-state index contributed by atoms with van der Waals surface area (Å²) in [5.41, 5.74) is 4.49. The number of hydrogen-bond donors (Lipinski definition) is 1. The third kappa shape index (κ3) is 4.12. The molecule has 136 valence electrons. The van der Waals surface area contributed by atoms with Crippen LogP contribution in [0.4, 0.5) is 0 Å². The van der Waals surface area contributed by atoms with Crippen molar-refractivity contribution in [2.45, 2.75) is 19.5 Å². The summed E-state index contributed by atoms with van der Waals surface area (Å²) in [4.78, 5) is 6.64. The highest BCUT2D eigenvalue weighted by atomic mass is 35.5. The van der Waals surface area contributed by atoms with Gasteiger partial charge in [-0.25, -0.2) is 4.68 Å². The van der Waals surface area contributed by atoms with Crippen LogP contribution in [-0.4, -0.2) is 45.3 Å². The van der Waals surface area contributed by atoms with Crippen LogP contribution >= 0.6 is 12.4 Å². The number of piperazine rings is 1. The van der Waals surface area contributed by atoms with Crippen LogP contribution < -0.4 is 5.32 Å². The van der Waals surface area contributed by atoms with E-state index in [1.54, 1.807) is 0 Å². The maximum atomic E-state index is 4.88. The van der Waals surface area contributed by atoms with Gasteiger partial charge in [0.2, 0.25) is 0 Å². The summed E-state index contributed by atoms with van der Waals surface area (Å²) < 4.78 is 1.98. The molecule has 5 nitrogen and oxygen atoms in total. The van der Waals surface area contributed by atoms with Crippen molar-refractivity contribution in [1.29, 1.82) is 0 Å². The Morgan fingerprint density at radius 3 is 2.62 bits per heavy atom. The Morgan fingerprint density at radius 2 is 1.88 bits per heavy atom. The Hall–Kier alpha value is -2.21. The highest BCUT2D eigenvalue weighted by molar-refractivity contribution is 5.85. The molecule has 2 aromatic heterocycles. The van der Waals surface area contributed by atoms with Crippen LogP contribution in [0.1, 0.15) is 12.5 Å². The van der Waals surface area contributed by atoms with Gasteiger partial charge in [-0.2, -0.15) is 5.10 Å². The number of pyridine rings is 1. The van der Waals surface area contributed by atoms with Gasteiger partial charge >= 0.3 is 0 Å². The van der Waals surface area contributed by atoms with E-state index in [1.807, 2.05) is 47.4 Å². The number of hydrogen-bond acceptors (Lipinski definition) is 4. The zero-order valence-corrected chi connectivity index (χ0v) is 15.7. The lowest BCUT2D eigenvalue weighted by atomic mass is 10.1. The molecule has 3 heterocycles. The monoisotopic (exact) mass is 369 g/mol. The Labute approximate surface area is 160 Å². The SMILES string of the molecule is CC1CN(Cc2cn(-c3ccccc3)nc2-c2ccncc2)CCN1.Cl. The summed E-state index contributed by atoms with van der Waals surface area (Å²) >= 11 is 0. The van der Waals surface area contributed by atoms with Crippen LogP contribution in [0.25, 0.3) is 16.9 Å². The molecule has 0 aliphatic carbocycles. The molecular formula is C20H24ClN5. The molecule has 1 aliphatic heterocycles. The van der Waals surface area contributed by atoms with Gasteiger partial charge in [0.1, 0.15) is 0 Å². The number of para-hydroxylation sites is 1. The molecule has 1 unspecified atom stereocenters. The molecular weight excluding hydrogens is 346 g/mol. The third-order valence-corrected chi connectivity index (χ3v) is 4.61. The Morgan fingerprint density at radius 1 is 1.12 bits per heavy atom. The highest BCUT2D eigenvalue weighted by Gasteiger charge is 2.19. The summed E-state index contributed by atoms with van der Waals surface area (Å²) in [6.07, 6.45) is 5.82. The largest absolute Gasteiger partial charge is 0.312 e. The number of benzene rings is 1. The van der Waals surface area contributed by atoms with E-state index >= 15 is 0 Å². The predicted molar refractivity (Wildman–Crippen MR) is 107 cm³/mol. The van der Waals surface area contributed by atoms with Crippen molar-refractivity contribution in [3.8, 4) is 16.9 Å². The van der Waals surface area contributed by atoms with E-state index in [9.17, 15) is 0 Å². The molecule has 26 heavy (non-hydrogen) atoms. The average molecular weight is 370 g/mol. The molecule has 4 rings (SSSR count). The minimum Gasteiger partial charge on any atom is -0.312 e. The van der Waals surface area contributed by atoms with Crippen molar-refractivity contribution in [2.24, 2.45) is 0 Å². The number of aromatic nitrogens is 3. The molecule has 1 N–H and O–H groups in total. The molecule has 0 saturated carbocycles. The van der Waals surface area contributed by atoms with E-state index in [2.05, 4.69) is 40.5 Å². The zero-order chi connectivity index (χ0) is 17.1. The highest BCUT2D eigenvalue weighted by Crippen LogP contribution is 2.24. The smallest absolute Gasteiger partial charge is 0.0973 e. The molecule has 1 fully saturated rings. The molecule has 1 aliphatic rings. The van der Waals surface area contributed by atoms with Crippen molar-refractivity contribution >= 4 is 12.4 Å². The van der Waals surface area contributed by atoms with Crippen molar-refractivity contribution in [1.82, 2.24) is 25.0 Å². The molecule has 0 amide bonds. The van der Waals surface area contributed by atoms with Gasteiger partial charge in [-0.15, -0.1) is 12.4 Å². The van der Waals surface area contributed by atoms with E-state index < -0.39 is 0 Å². The lowest BCUT2D eigenvalue weighted by molar-refractivity contribution is 0.200. The Bertz CT molecular complexity index is 819. The molecule has 1 aromatic carbocycles. The summed E-state index contributed by atoms with van der Waals surface area (Å²) in [6.45, 7) is 6.32. The predicted octanol–water partition coefficient (Wildman–Crippen LogP) is 3.15. The normalized spacial score (nSPS) is 17.7. The van der Waals surface area contributed by atoms with Crippen LogP contribution in [0.15, 0.2) is 61.1 Å². The van der Waals surface area contributed by atoms with Crippen molar-refractivity contribution in [3.63, 3.8) is 0 Å². The lowest BCUT2D eigenvalue weighted by Gasteiger charge is -2.31. The van der Waals surface area contributed by atoms with Gasteiger partial charge in [-0.05, 0) is 31.2 Å². The maximum Gasteiger partial charge on any atom is 0.0973 e. The summed E-state index contributed by atoms with van der Waals surface area (Å²) in [5.74, 6) is 0. The lowest BCUT2D eigenvalue weighted by Crippen LogP contribution is -2.48. The zero-order valence-electron chi connectivity index (χ0n) is 14.9. The molecule has 1 saturated heterocycles. The second-order valence-electron chi connectivity index (χ2n) is 6.61. The first-order chi connectivity index (χ1) is 12.3. The summed E-state index contributed by atoms with van der Waals surface area (Å²) in [5, 5.41) is 8.39. The first kappa shape index (κ1) is 18.6. The molecule has 0 radical (unpaired) electrons.